The number of aromatic nitrogens is 1. The Labute approximate surface area is 205 Å². The standard InChI is InChI=1S/C22H19F3N3O3.U/c23-22(24,25)14-4-1-3-13(9-14)10-20(30)27-17-6-2-5-16-15(17)7-8-28(21(16)31)18-11-26-12-19(18)29;/h1-3,5-9,18-19,26,29H,10-12H2,(H,27,30);/q-1;. The second-order valence-corrected chi connectivity index (χ2v) is 7.42. The summed E-state index contributed by atoms with van der Waals surface area (Å²) in [4.78, 5) is 25.4. The number of alkyl halides is 3. The van der Waals surface area contributed by atoms with Crippen molar-refractivity contribution in [1.29, 1.82) is 0 Å². The molecule has 32 heavy (non-hydrogen) atoms. The third kappa shape index (κ3) is 5.10. The molecule has 3 aromatic rings. The summed E-state index contributed by atoms with van der Waals surface area (Å²) >= 11 is 0. The second-order valence-electron chi connectivity index (χ2n) is 7.42. The average molecular weight is 668 g/mol. The fourth-order valence-corrected chi connectivity index (χ4v) is 3.77. The molecule has 1 amide bonds. The Kier molecular flexibility index (Phi) is 7.51. The Morgan fingerprint density at radius 3 is 2.69 bits per heavy atom. The zero-order valence-corrected chi connectivity index (χ0v) is 20.9. The molecule has 2 unspecified atom stereocenters. The largest absolute Gasteiger partial charge is 0.394 e. The van der Waals surface area contributed by atoms with Crippen molar-refractivity contribution in [2.24, 2.45) is 0 Å². The molecule has 2 atom stereocenters. The number of carbonyl (C=O) groups excluding carboxylic acids is 1. The van der Waals surface area contributed by atoms with E-state index < -0.39 is 23.8 Å². The van der Waals surface area contributed by atoms with Crippen molar-refractivity contribution >= 4 is 22.4 Å². The van der Waals surface area contributed by atoms with E-state index in [1.807, 2.05) is 0 Å². The van der Waals surface area contributed by atoms with Gasteiger partial charge in [-0.05, 0) is 18.2 Å². The summed E-state index contributed by atoms with van der Waals surface area (Å²) in [6, 6.07) is 11.7. The van der Waals surface area contributed by atoms with Gasteiger partial charge in [-0.25, -0.2) is 0 Å². The van der Waals surface area contributed by atoms with Gasteiger partial charge in [-0.2, -0.15) is 37.4 Å². The van der Waals surface area contributed by atoms with Crippen LogP contribution in [0.5, 0.6) is 0 Å². The van der Waals surface area contributed by atoms with E-state index in [1.54, 1.807) is 30.5 Å². The van der Waals surface area contributed by atoms with Crippen LogP contribution in [-0.4, -0.2) is 34.8 Å². The molecule has 0 saturated carbocycles. The average Bonchev–Trinajstić information content (AvgIpc) is 3.14. The normalized spacial score (nSPS) is 18.4. The number of benzene rings is 2. The zero-order chi connectivity index (χ0) is 22.2. The number of aliphatic hydroxyl groups excluding tert-OH is 1. The number of amides is 1. The molecule has 3 N–H and O–H groups in total. The Morgan fingerprint density at radius 2 is 2.00 bits per heavy atom. The zero-order valence-electron chi connectivity index (χ0n) is 16.7. The number of rotatable bonds is 4. The molecule has 0 spiro atoms. The smallest absolute Gasteiger partial charge is 0.390 e. The van der Waals surface area contributed by atoms with E-state index in [-0.39, 0.29) is 54.7 Å². The van der Waals surface area contributed by atoms with Crippen LogP contribution in [0, 0.1) is 37.2 Å². The van der Waals surface area contributed by atoms with Crippen LogP contribution in [0.25, 0.3) is 10.8 Å². The van der Waals surface area contributed by atoms with Crippen LogP contribution in [0.15, 0.2) is 53.5 Å². The number of β-amino-alcohol motifs (C(OH)–C–C–N with tert-alkyl or cyclic N) is 1. The molecular formula is C22H19F3N3O3U-. The van der Waals surface area contributed by atoms with Gasteiger partial charge in [-0.1, -0.05) is 11.6 Å². The Balaban J connectivity index is 0.00000289. The SMILES string of the molecule is O=C(Cc1cc[c-]c(C(F)(F)F)c1)Nc1cccc2c(=O)n(C3CNCC3O)ccc12.[U]. The fourth-order valence-electron chi connectivity index (χ4n) is 3.77. The third-order valence-corrected chi connectivity index (χ3v) is 5.29. The van der Waals surface area contributed by atoms with Gasteiger partial charge in [0.15, 0.2) is 0 Å². The molecule has 2 aromatic carbocycles. The first-order valence-electron chi connectivity index (χ1n) is 9.64. The Morgan fingerprint density at radius 1 is 1.22 bits per heavy atom. The summed E-state index contributed by atoms with van der Waals surface area (Å²) in [6.07, 6.45) is -3.90. The Bertz CT molecular complexity index is 1200. The summed E-state index contributed by atoms with van der Waals surface area (Å²) in [6.45, 7) is 0.871. The minimum atomic E-state index is -4.54. The third-order valence-electron chi connectivity index (χ3n) is 5.29. The maximum atomic E-state index is 12.9. The van der Waals surface area contributed by atoms with E-state index in [9.17, 15) is 27.9 Å². The van der Waals surface area contributed by atoms with E-state index in [2.05, 4.69) is 16.7 Å². The van der Waals surface area contributed by atoms with Crippen molar-refractivity contribution < 1.29 is 54.2 Å². The monoisotopic (exact) mass is 668 g/mol. The van der Waals surface area contributed by atoms with Crippen LogP contribution in [0.3, 0.4) is 0 Å². The maximum Gasteiger partial charge on any atom is 0.394 e. The summed E-state index contributed by atoms with van der Waals surface area (Å²) in [5.41, 5.74) is -0.647. The predicted octanol–water partition coefficient (Wildman–Crippen LogP) is 2.51. The quantitative estimate of drug-likeness (QED) is 0.374. The molecule has 1 aliphatic heterocycles. The molecule has 0 aliphatic carbocycles. The van der Waals surface area contributed by atoms with Crippen molar-refractivity contribution in [3.63, 3.8) is 0 Å². The van der Waals surface area contributed by atoms with Gasteiger partial charge in [0.25, 0.3) is 5.56 Å². The predicted molar refractivity (Wildman–Crippen MR) is 109 cm³/mol. The molecule has 10 heteroatoms. The number of carbonyl (C=O) groups is 1. The van der Waals surface area contributed by atoms with Gasteiger partial charge in [-0.3, -0.25) is 9.59 Å². The summed E-state index contributed by atoms with van der Waals surface area (Å²) in [5, 5.41) is 16.7. The van der Waals surface area contributed by atoms with Gasteiger partial charge in [0.2, 0.25) is 5.91 Å². The number of halogens is 3. The minimum Gasteiger partial charge on any atom is -0.390 e. The number of fused-ring (bicyclic) bond motifs is 1. The first-order valence-corrected chi connectivity index (χ1v) is 9.64. The number of nitrogens with zero attached hydrogens (tertiary/aromatic N) is 1. The van der Waals surface area contributed by atoms with Crippen molar-refractivity contribution in [3.05, 3.63) is 76.2 Å². The molecule has 0 radical (unpaired) electrons. The first kappa shape index (κ1) is 24.5. The molecule has 1 fully saturated rings. The fraction of sp³-hybridized carbons (Fsp3) is 0.273. The van der Waals surface area contributed by atoms with Crippen LogP contribution in [0.1, 0.15) is 17.2 Å². The van der Waals surface area contributed by atoms with E-state index in [1.165, 1.54) is 10.6 Å². The van der Waals surface area contributed by atoms with Crippen molar-refractivity contribution in [3.8, 4) is 0 Å². The van der Waals surface area contributed by atoms with E-state index in [0.717, 1.165) is 12.1 Å². The number of anilines is 1. The van der Waals surface area contributed by atoms with Crippen molar-refractivity contribution in [1.82, 2.24) is 9.88 Å². The van der Waals surface area contributed by atoms with Crippen molar-refractivity contribution in [2.75, 3.05) is 18.4 Å². The van der Waals surface area contributed by atoms with E-state index in [4.69, 9.17) is 0 Å². The van der Waals surface area contributed by atoms with Gasteiger partial charge >= 0.3 is 6.18 Å². The van der Waals surface area contributed by atoms with Gasteiger partial charge in [-0.15, -0.1) is 5.56 Å². The molecule has 1 aliphatic rings. The first-order chi connectivity index (χ1) is 14.7. The second kappa shape index (κ2) is 9.79. The summed E-state index contributed by atoms with van der Waals surface area (Å²) in [5.74, 6) is -0.508. The number of hydrogen-bond acceptors (Lipinski definition) is 4. The molecular weight excluding hydrogens is 649 g/mol. The Hall–Kier alpha value is -2.12. The van der Waals surface area contributed by atoms with Gasteiger partial charge in [0.05, 0.1) is 12.1 Å². The van der Waals surface area contributed by atoms with Crippen LogP contribution >= 0.6 is 0 Å². The van der Waals surface area contributed by atoms with Gasteiger partial charge in [0, 0.05) is 73.3 Å². The van der Waals surface area contributed by atoms with Gasteiger partial charge in [0.1, 0.15) is 0 Å². The maximum absolute atomic E-state index is 12.9. The molecule has 1 saturated heterocycles. The van der Waals surface area contributed by atoms with E-state index >= 15 is 0 Å². The number of aliphatic hydroxyl groups is 1. The van der Waals surface area contributed by atoms with Crippen LogP contribution in [0.2, 0.25) is 0 Å². The minimum absolute atomic E-state index is 0. The number of pyridine rings is 1. The van der Waals surface area contributed by atoms with Crippen LogP contribution < -0.4 is 16.2 Å². The van der Waals surface area contributed by atoms with Gasteiger partial charge < -0.3 is 20.3 Å². The molecule has 4 rings (SSSR count). The summed E-state index contributed by atoms with van der Waals surface area (Å²) in [7, 11) is 0. The molecule has 6 nitrogen and oxygen atoms in total. The van der Waals surface area contributed by atoms with E-state index in [0.29, 0.717) is 29.5 Å². The van der Waals surface area contributed by atoms with Crippen LogP contribution in [-0.2, 0) is 17.4 Å². The molecule has 166 valence electrons. The molecule has 0 bridgehead atoms. The molecule has 2 heterocycles. The van der Waals surface area contributed by atoms with Crippen LogP contribution in [0.4, 0.5) is 18.9 Å². The summed E-state index contributed by atoms with van der Waals surface area (Å²) < 4.78 is 40.0. The number of hydrogen-bond donors (Lipinski definition) is 3. The molecule has 1 aromatic heterocycles. The number of nitrogens with one attached hydrogen (secondary N) is 2. The topological polar surface area (TPSA) is 83.4 Å². The van der Waals surface area contributed by atoms with Crippen molar-refractivity contribution in [2.45, 2.75) is 24.7 Å².